The van der Waals surface area contributed by atoms with Gasteiger partial charge in [-0.1, -0.05) is 6.07 Å². The Morgan fingerprint density at radius 1 is 1.29 bits per heavy atom. The minimum atomic E-state index is -3.41. The molecule has 0 bridgehead atoms. The van der Waals surface area contributed by atoms with Gasteiger partial charge in [0.2, 0.25) is 10.0 Å². The zero-order valence-electron chi connectivity index (χ0n) is 15.3. The van der Waals surface area contributed by atoms with E-state index in [2.05, 4.69) is 10.2 Å². The Bertz CT molecular complexity index is 1210. The van der Waals surface area contributed by atoms with E-state index in [-0.39, 0.29) is 16.8 Å². The van der Waals surface area contributed by atoms with Crippen LogP contribution in [-0.2, 0) is 21.2 Å². The highest BCUT2D eigenvalue weighted by molar-refractivity contribution is 7.92. The van der Waals surface area contributed by atoms with E-state index in [0.29, 0.717) is 17.9 Å². The second-order valence-corrected chi connectivity index (χ2v) is 8.54. The van der Waals surface area contributed by atoms with Gasteiger partial charge in [-0.05, 0) is 30.5 Å². The normalized spacial score (nSPS) is 14.1. The van der Waals surface area contributed by atoms with E-state index in [1.54, 1.807) is 16.8 Å². The number of H-pyrrole nitrogens is 1. The van der Waals surface area contributed by atoms with Gasteiger partial charge in [-0.2, -0.15) is 5.10 Å². The third-order valence-electron chi connectivity index (χ3n) is 4.81. The largest absolute Gasteiger partial charge is 0.465 e. The van der Waals surface area contributed by atoms with Gasteiger partial charge >= 0.3 is 5.97 Å². The Morgan fingerprint density at radius 2 is 2.07 bits per heavy atom. The molecule has 0 spiro atoms. The molecule has 3 heterocycles. The Labute approximate surface area is 160 Å². The number of hydrogen-bond donors (Lipinski definition) is 1. The highest BCUT2D eigenvalue weighted by Gasteiger charge is 2.26. The molecule has 28 heavy (non-hydrogen) atoms. The van der Waals surface area contributed by atoms with Crippen LogP contribution in [0.15, 0.2) is 35.4 Å². The lowest BCUT2D eigenvalue weighted by Crippen LogP contribution is -2.34. The van der Waals surface area contributed by atoms with Gasteiger partial charge in [-0.25, -0.2) is 18.3 Å². The summed E-state index contributed by atoms with van der Waals surface area (Å²) in [6.45, 7) is 0.416. The van der Waals surface area contributed by atoms with E-state index < -0.39 is 21.6 Å². The fourth-order valence-corrected chi connectivity index (χ4v) is 4.47. The van der Waals surface area contributed by atoms with Crippen LogP contribution in [0.25, 0.3) is 16.9 Å². The highest BCUT2D eigenvalue weighted by Crippen LogP contribution is 2.32. The molecule has 3 aliphatic heterocycles. The molecule has 0 aromatic heterocycles. The van der Waals surface area contributed by atoms with Crippen LogP contribution in [0.2, 0.25) is 0 Å². The Morgan fingerprint density at radius 3 is 2.79 bits per heavy atom. The quantitative estimate of drug-likeness (QED) is 0.658. The minimum absolute atomic E-state index is 0.135. The van der Waals surface area contributed by atoms with Crippen molar-refractivity contribution in [3.8, 4) is 16.9 Å². The number of carbonyl (C=O) groups excluding carboxylic acids is 1. The van der Waals surface area contributed by atoms with Crippen LogP contribution in [0.4, 0.5) is 5.69 Å². The van der Waals surface area contributed by atoms with Crippen molar-refractivity contribution in [1.82, 2.24) is 14.8 Å². The van der Waals surface area contributed by atoms with Crippen molar-refractivity contribution in [3.05, 3.63) is 52.1 Å². The minimum Gasteiger partial charge on any atom is -0.465 e. The van der Waals surface area contributed by atoms with Gasteiger partial charge in [0.1, 0.15) is 11.3 Å². The monoisotopic (exact) mass is 402 g/mol. The second kappa shape index (κ2) is 6.48. The van der Waals surface area contributed by atoms with Crippen molar-refractivity contribution >= 4 is 21.7 Å². The molecule has 1 aromatic rings. The van der Waals surface area contributed by atoms with Crippen molar-refractivity contribution in [2.45, 2.75) is 12.8 Å². The average molecular weight is 402 g/mol. The van der Waals surface area contributed by atoms with Gasteiger partial charge in [0, 0.05) is 24.6 Å². The van der Waals surface area contributed by atoms with Crippen LogP contribution in [0, 0.1) is 0 Å². The van der Waals surface area contributed by atoms with Gasteiger partial charge < -0.3 is 9.30 Å². The zero-order chi connectivity index (χ0) is 20.1. The number of nitrogens with zero attached hydrogens (tertiary/aromatic N) is 3. The Hall–Kier alpha value is -3.14. The lowest BCUT2D eigenvalue weighted by atomic mass is 10.0. The van der Waals surface area contributed by atoms with E-state index in [9.17, 15) is 18.0 Å². The first-order chi connectivity index (χ1) is 13.3. The number of carbonyl (C=O) groups is 1. The number of fused-ring (bicyclic) bond motifs is 2. The number of aryl methyl sites for hydroxylation is 1. The molecule has 0 fully saturated rings. The summed E-state index contributed by atoms with van der Waals surface area (Å²) in [7, 11) is -2.16. The third kappa shape index (κ3) is 2.95. The topological polar surface area (TPSA) is 114 Å². The van der Waals surface area contributed by atoms with Crippen molar-refractivity contribution in [2.24, 2.45) is 0 Å². The summed E-state index contributed by atoms with van der Waals surface area (Å²) in [6.07, 6.45) is 5.79. The molecule has 0 amide bonds. The summed E-state index contributed by atoms with van der Waals surface area (Å²) in [5.41, 5.74) is 2.32. The lowest BCUT2D eigenvalue weighted by molar-refractivity contribution is 0.0600. The SMILES string of the molecule is COC(=O)c1cn(-c2ccc3c(c2)N(S(C)(=O)=O)CCC3)cc2c(=O)[nH]nc1-2. The van der Waals surface area contributed by atoms with Crippen LogP contribution >= 0.6 is 0 Å². The van der Waals surface area contributed by atoms with Crippen LogP contribution in [0.3, 0.4) is 0 Å². The number of methoxy groups -OCH3 is 1. The first-order valence-corrected chi connectivity index (χ1v) is 10.4. The number of sulfonamides is 1. The molecule has 3 aliphatic rings. The van der Waals surface area contributed by atoms with Crippen LogP contribution in [0.1, 0.15) is 22.3 Å². The molecule has 0 radical (unpaired) electrons. The van der Waals surface area contributed by atoms with E-state index in [0.717, 1.165) is 18.4 Å². The summed E-state index contributed by atoms with van der Waals surface area (Å²) in [5.74, 6) is -0.624. The zero-order valence-corrected chi connectivity index (χ0v) is 16.1. The molecule has 0 saturated heterocycles. The third-order valence-corrected chi connectivity index (χ3v) is 5.99. The van der Waals surface area contributed by atoms with Gasteiger partial charge in [0.25, 0.3) is 5.56 Å². The summed E-state index contributed by atoms with van der Waals surface area (Å²) in [6, 6.07) is 5.43. The van der Waals surface area contributed by atoms with E-state index in [1.807, 2.05) is 12.1 Å². The maximum Gasteiger partial charge on any atom is 0.341 e. The molecule has 4 rings (SSSR count). The molecular formula is C18H18N4O5S. The maximum absolute atomic E-state index is 12.2. The molecule has 1 aromatic carbocycles. The Balaban J connectivity index is 1.92. The summed E-state index contributed by atoms with van der Waals surface area (Å²) in [4.78, 5) is 24.2. The summed E-state index contributed by atoms with van der Waals surface area (Å²) in [5, 5.41) is 6.23. The van der Waals surface area contributed by atoms with Gasteiger partial charge in [0.15, 0.2) is 0 Å². The fourth-order valence-electron chi connectivity index (χ4n) is 3.48. The number of aromatic amines is 1. The Kier molecular flexibility index (Phi) is 4.22. The van der Waals surface area contributed by atoms with E-state index in [1.165, 1.54) is 23.9 Å². The molecule has 9 nitrogen and oxygen atoms in total. The molecule has 0 unspecified atom stereocenters. The smallest absolute Gasteiger partial charge is 0.341 e. The van der Waals surface area contributed by atoms with E-state index >= 15 is 0 Å². The predicted octanol–water partition coefficient (Wildman–Crippen LogP) is 1.16. The number of hydrogen-bond acceptors (Lipinski definition) is 6. The number of benzene rings is 1. The standard InChI is InChI=1S/C18H18N4O5S/c1-27-18(24)14-10-21(9-13-16(14)19-20-17(13)23)12-6-5-11-4-3-7-22(15(11)8-12)28(2,25)26/h5-6,8-10H,3-4,7H2,1-2H3,(H,20,23). The van der Waals surface area contributed by atoms with Gasteiger partial charge in [0.05, 0.1) is 24.6 Å². The second-order valence-electron chi connectivity index (χ2n) is 6.64. The number of esters is 1. The fraction of sp³-hybridized carbons (Fsp3) is 0.278. The van der Waals surface area contributed by atoms with Crippen molar-refractivity contribution in [3.63, 3.8) is 0 Å². The van der Waals surface area contributed by atoms with Crippen molar-refractivity contribution in [1.29, 1.82) is 0 Å². The number of rotatable bonds is 3. The number of anilines is 1. The highest BCUT2D eigenvalue weighted by atomic mass is 32.2. The first-order valence-electron chi connectivity index (χ1n) is 8.59. The molecule has 0 atom stereocenters. The number of nitrogens with one attached hydrogen (secondary N) is 1. The van der Waals surface area contributed by atoms with Gasteiger partial charge in [-0.3, -0.25) is 9.10 Å². The van der Waals surface area contributed by atoms with Crippen LogP contribution < -0.4 is 9.86 Å². The van der Waals surface area contributed by atoms with Crippen molar-refractivity contribution in [2.75, 3.05) is 24.2 Å². The lowest BCUT2D eigenvalue weighted by Gasteiger charge is -2.29. The molecule has 1 N–H and O–H groups in total. The molecule has 0 saturated carbocycles. The first kappa shape index (κ1) is 18.2. The van der Waals surface area contributed by atoms with Crippen LogP contribution in [0.5, 0.6) is 0 Å². The summed E-state index contributed by atoms with van der Waals surface area (Å²) >= 11 is 0. The van der Waals surface area contributed by atoms with Crippen LogP contribution in [-0.4, -0.2) is 49.1 Å². The van der Waals surface area contributed by atoms with E-state index in [4.69, 9.17) is 4.74 Å². The van der Waals surface area contributed by atoms with Gasteiger partial charge in [-0.15, -0.1) is 0 Å². The number of pyridine rings is 1. The number of aromatic nitrogens is 3. The average Bonchev–Trinajstić information content (AvgIpc) is 3.06. The summed E-state index contributed by atoms with van der Waals surface area (Å²) < 4.78 is 32.1. The molecular weight excluding hydrogens is 384 g/mol. The molecule has 146 valence electrons. The number of ether oxygens (including phenoxy) is 1. The van der Waals surface area contributed by atoms with Crippen molar-refractivity contribution < 1.29 is 17.9 Å². The molecule has 0 aliphatic carbocycles. The molecule has 10 heteroatoms. The predicted molar refractivity (Wildman–Crippen MR) is 103 cm³/mol. The maximum atomic E-state index is 12.2.